The average Bonchev–Trinajstić information content (AvgIpc) is 2.34. The number of nitrogens with one attached hydrogen (secondary N) is 1. The van der Waals surface area contributed by atoms with Gasteiger partial charge in [-0.2, -0.15) is 13.2 Å². The molecule has 0 aromatic heterocycles. The Labute approximate surface area is 123 Å². The zero-order chi connectivity index (χ0) is 15.2. The molecule has 0 radical (unpaired) electrons. The molecular formula is C15H21ClF3N. The number of alkyl halides is 3. The van der Waals surface area contributed by atoms with Gasteiger partial charge in [0.05, 0.1) is 0 Å². The van der Waals surface area contributed by atoms with Crippen molar-refractivity contribution in [2.45, 2.75) is 57.8 Å². The summed E-state index contributed by atoms with van der Waals surface area (Å²) in [6, 6.07) is 7.73. The maximum absolute atomic E-state index is 12.1. The number of hydrogen-bond acceptors (Lipinski definition) is 1. The van der Waals surface area contributed by atoms with Gasteiger partial charge in [-0.1, -0.05) is 30.7 Å². The van der Waals surface area contributed by atoms with Crippen molar-refractivity contribution in [3.05, 3.63) is 34.9 Å². The summed E-state index contributed by atoms with van der Waals surface area (Å²) in [6.07, 6.45) is -3.24. The molecule has 5 heteroatoms. The lowest BCUT2D eigenvalue weighted by Crippen LogP contribution is -2.30. The van der Waals surface area contributed by atoms with Gasteiger partial charge >= 0.3 is 6.18 Å². The van der Waals surface area contributed by atoms with E-state index in [1.165, 1.54) is 0 Å². The largest absolute Gasteiger partial charge is 0.389 e. The molecule has 1 N–H and O–H groups in total. The van der Waals surface area contributed by atoms with Crippen molar-refractivity contribution >= 4 is 11.6 Å². The molecule has 20 heavy (non-hydrogen) atoms. The lowest BCUT2D eigenvalue weighted by Gasteiger charge is -2.23. The average molecular weight is 308 g/mol. The van der Waals surface area contributed by atoms with E-state index < -0.39 is 12.6 Å². The van der Waals surface area contributed by atoms with E-state index in [-0.39, 0.29) is 18.5 Å². The lowest BCUT2D eigenvalue weighted by atomic mass is 10.0. The van der Waals surface area contributed by atoms with Crippen LogP contribution in [0.5, 0.6) is 0 Å². The van der Waals surface area contributed by atoms with Crippen molar-refractivity contribution in [1.82, 2.24) is 5.32 Å². The van der Waals surface area contributed by atoms with E-state index in [2.05, 4.69) is 5.32 Å². The normalized spacial score (nSPS) is 15.1. The van der Waals surface area contributed by atoms with Crippen molar-refractivity contribution in [3.63, 3.8) is 0 Å². The predicted molar refractivity (Wildman–Crippen MR) is 77.0 cm³/mol. The molecule has 0 heterocycles. The number of benzene rings is 1. The Hall–Kier alpha value is -0.740. The molecule has 0 bridgehead atoms. The first kappa shape index (κ1) is 17.3. The first-order valence-electron chi connectivity index (χ1n) is 6.90. The molecule has 0 spiro atoms. The minimum Gasteiger partial charge on any atom is -0.307 e. The van der Waals surface area contributed by atoms with Crippen LogP contribution in [-0.4, -0.2) is 12.2 Å². The standard InChI is InChI=1S/C15H21ClF3N/c1-3-14(12-7-4-8-13(16)10-12)20-11(2)6-5-9-15(17,18)19/h4,7-8,10-11,14,20H,3,5-6,9H2,1-2H3. The second-order valence-electron chi connectivity index (χ2n) is 5.09. The smallest absolute Gasteiger partial charge is 0.307 e. The molecule has 1 aromatic rings. The van der Waals surface area contributed by atoms with Gasteiger partial charge in [-0.3, -0.25) is 0 Å². The molecule has 1 aromatic carbocycles. The highest BCUT2D eigenvalue weighted by atomic mass is 35.5. The fraction of sp³-hybridized carbons (Fsp3) is 0.600. The van der Waals surface area contributed by atoms with Gasteiger partial charge in [0.25, 0.3) is 0 Å². The molecule has 0 amide bonds. The SMILES string of the molecule is CCC(NC(C)CCCC(F)(F)F)c1cccc(Cl)c1. The Bertz CT molecular complexity index is 406. The van der Waals surface area contributed by atoms with Crippen LogP contribution in [0.4, 0.5) is 13.2 Å². The topological polar surface area (TPSA) is 12.0 Å². The molecule has 0 saturated heterocycles. The van der Waals surface area contributed by atoms with Crippen LogP contribution in [0.25, 0.3) is 0 Å². The van der Waals surface area contributed by atoms with Gasteiger partial charge in [0.15, 0.2) is 0 Å². The Morgan fingerprint density at radius 2 is 2.00 bits per heavy atom. The number of rotatable bonds is 7. The van der Waals surface area contributed by atoms with Crippen molar-refractivity contribution in [2.75, 3.05) is 0 Å². The van der Waals surface area contributed by atoms with Crippen LogP contribution in [0.3, 0.4) is 0 Å². The Morgan fingerprint density at radius 1 is 1.30 bits per heavy atom. The zero-order valence-electron chi connectivity index (χ0n) is 11.8. The fourth-order valence-electron chi connectivity index (χ4n) is 2.21. The van der Waals surface area contributed by atoms with Crippen molar-refractivity contribution in [3.8, 4) is 0 Å². The van der Waals surface area contributed by atoms with Gasteiger partial charge in [0.2, 0.25) is 0 Å². The number of halogens is 4. The molecule has 0 aliphatic heterocycles. The van der Waals surface area contributed by atoms with Crippen LogP contribution >= 0.6 is 11.6 Å². The molecule has 0 saturated carbocycles. The minimum atomic E-state index is -4.06. The van der Waals surface area contributed by atoms with Crippen molar-refractivity contribution in [1.29, 1.82) is 0 Å². The summed E-state index contributed by atoms with van der Waals surface area (Å²) in [5.41, 5.74) is 1.07. The molecule has 1 rings (SSSR count). The zero-order valence-corrected chi connectivity index (χ0v) is 12.6. The molecule has 0 fully saturated rings. The second kappa shape index (κ2) is 7.89. The third kappa shape index (κ3) is 6.62. The second-order valence-corrected chi connectivity index (χ2v) is 5.53. The summed E-state index contributed by atoms with van der Waals surface area (Å²) < 4.78 is 36.3. The van der Waals surface area contributed by atoms with E-state index in [1.807, 2.05) is 38.1 Å². The monoisotopic (exact) mass is 307 g/mol. The number of hydrogen-bond donors (Lipinski definition) is 1. The molecule has 2 unspecified atom stereocenters. The van der Waals surface area contributed by atoms with E-state index in [1.54, 1.807) is 0 Å². The lowest BCUT2D eigenvalue weighted by molar-refractivity contribution is -0.135. The summed E-state index contributed by atoms with van der Waals surface area (Å²) >= 11 is 5.96. The van der Waals surface area contributed by atoms with Crippen LogP contribution in [0.15, 0.2) is 24.3 Å². The van der Waals surface area contributed by atoms with Crippen LogP contribution in [0.1, 0.15) is 51.1 Å². The minimum absolute atomic E-state index is 0.0429. The van der Waals surface area contributed by atoms with Crippen molar-refractivity contribution in [2.24, 2.45) is 0 Å². The van der Waals surface area contributed by atoms with Crippen LogP contribution in [0.2, 0.25) is 5.02 Å². The molecule has 0 aliphatic rings. The highest BCUT2D eigenvalue weighted by molar-refractivity contribution is 6.30. The van der Waals surface area contributed by atoms with Gasteiger partial charge in [-0.05, 0) is 43.9 Å². The molecule has 0 aliphatic carbocycles. The van der Waals surface area contributed by atoms with E-state index >= 15 is 0 Å². The van der Waals surface area contributed by atoms with Crippen LogP contribution < -0.4 is 5.32 Å². The summed E-state index contributed by atoms with van der Waals surface area (Å²) in [5.74, 6) is 0. The molecular weight excluding hydrogens is 287 g/mol. The van der Waals surface area contributed by atoms with Crippen molar-refractivity contribution < 1.29 is 13.2 Å². The Balaban J connectivity index is 2.48. The van der Waals surface area contributed by atoms with Gasteiger partial charge in [-0.15, -0.1) is 0 Å². The molecule has 114 valence electrons. The van der Waals surface area contributed by atoms with Crippen LogP contribution in [-0.2, 0) is 0 Å². The molecule has 2 atom stereocenters. The quantitative estimate of drug-likeness (QED) is 0.701. The highest BCUT2D eigenvalue weighted by Crippen LogP contribution is 2.24. The maximum atomic E-state index is 12.1. The highest BCUT2D eigenvalue weighted by Gasteiger charge is 2.26. The van der Waals surface area contributed by atoms with Gasteiger partial charge in [-0.25, -0.2) is 0 Å². The summed E-state index contributed by atoms with van der Waals surface area (Å²) in [6.45, 7) is 3.96. The first-order valence-corrected chi connectivity index (χ1v) is 7.28. The third-order valence-corrected chi connectivity index (χ3v) is 3.48. The summed E-state index contributed by atoms with van der Waals surface area (Å²) in [5, 5.41) is 4.04. The predicted octanol–water partition coefficient (Wildman–Crippen LogP) is 5.50. The summed E-state index contributed by atoms with van der Waals surface area (Å²) in [4.78, 5) is 0. The van der Waals surface area contributed by atoms with Gasteiger partial charge < -0.3 is 5.32 Å². The first-order chi connectivity index (χ1) is 9.31. The van der Waals surface area contributed by atoms with Gasteiger partial charge in [0.1, 0.15) is 0 Å². The Morgan fingerprint density at radius 3 is 2.55 bits per heavy atom. The fourth-order valence-corrected chi connectivity index (χ4v) is 2.41. The third-order valence-electron chi connectivity index (χ3n) is 3.24. The maximum Gasteiger partial charge on any atom is 0.389 e. The Kier molecular flexibility index (Phi) is 6.83. The van der Waals surface area contributed by atoms with E-state index in [0.717, 1.165) is 12.0 Å². The van der Waals surface area contributed by atoms with Gasteiger partial charge in [0, 0.05) is 23.5 Å². The molecule has 1 nitrogen and oxygen atoms in total. The van der Waals surface area contributed by atoms with E-state index in [4.69, 9.17) is 11.6 Å². The van der Waals surface area contributed by atoms with E-state index in [0.29, 0.717) is 11.4 Å². The van der Waals surface area contributed by atoms with Crippen LogP contribution in [0, 0.1) is 0 Å². The summed E-state index contributed by atoms with van der Waals surface area (Å²) in [7, 11) is 0. The van der Waals surface area contributed by atoms with E-state index in [9.17, 15) is 13.2 Å².